The molecule has 1 N–H and O–H groups in total. The largest absolute Gasteiger partial charge is 0.497 e. The highest BCUT2D eigenvalue weighted by Gasteiger charge is 2.22. The number of anilines is 1. The molecule has 2 aromatic heterocycles. The average Bonchev–Trinajstić information content (AvgIpc) is 3.22. The summed E-state index contributed by atoms with van der Waals surface area (Å²) in [4.78, 5) is 5.93. The van der Waals surface area contributed by atoms with Crippen molar-refractivity contribution in [3.8, 4) is 28.3 Å². The van der Waals surface area contributed by atoms with Crippen molar-refractivity contribution in [1.82, 2.24) is 9.38 Å². The number of nitrogens with one attached hydrogen (secondary N) is 1. The summed E-state index contributed by atoms with van der Waals surface area (Å²) in [6.45, 7) is 6.50. The second-order valence-corrected chi connectivity index (χ2v) is 8.35. The minimum absolute atomic E-state index is 0.0902. The normalized spacial score (nSPS) is 11.7. The third-order valence-corrected chi connectivity index (χ3v) is 5.12. The van der Waals surface area contributed by atoms with E-state index in [1.807, 2.05) is 18.2 Å². The van der Waals surface area contributed by atoms with Gasteiger partial charge in [-0.2, -0.15) is 0 Å². The molecule has 0 bridgehead atoms. The fourth-order valence-corrected chi connectivity index (χ4v) is 3.99. The van der Waals surface area contributed by atoms with Crippen molar-refractivity contribution in [2.45, 2.75) is 26.3 Å². The average molecular weight is 378 g/mol. The SMILES string of the molecule is COc1ccc(-c2nc3scc(-c4ccccc4)n3c2NC(C)(C)C)cc1. The number of hydrogen-bond donors (Lipinski definition) is 1. The number of fused-ring (bicyclic) bond motifs is 1. The van der Waals surface area contributed by atoms with Crippen molar-refractivity contribution < 1.29 is 4.74 Å². The van der Waals surface area contributed by atoms with E-state index in [0.717, 1.165) is 33.5 Å². The zero-order valence-corrected chi connectivity index (χ0v) is 16.8. The van der Waals surface area contributed by atoms with E-state index in [-0.39, 0.29) is 5.54 Å². The third kappa shape index (κ3) is 3.43. The molecule has 0 saturated carbocycles. The first kappa shape index (κ1) is 17.6. The van der Waals surface area contributed by atoms with Crippen LogP contribution < -0.4 is 10.1 Å². The molecule has 0 aliphatic heterocycles. The van der Waals surface area contributed by atoms with E-state index >= 15 is 0 Å². The monoisotopic (exact) mass is 377 g/mol. The Morgan fingerprint density at radius 2 is 1.67 bits per heavy atom. The van der Waals surface area contributed by atoms with Crippen molar-refractivity contribution in [3.05, 3.63) is 60.0 Å². The van der Waals surface area contributed by atoms with Crippen LogP contribution in [0.15, 0.2) is 60.0 Å². The quantitative estimate of drug-likeness (QED) is 0.478. The standard InChI is InChI=1S/C22H23N3OS/c1-22(2,3)24-20-19(16-10-12-17(26-4)13-11-16)23-21-25(20)18(14-27-21)15-8-6-5-7-9-15/h5-14,24H,1-4H3. The Morgan fingerprint density at radius 3 is 2.30 bits per heavy atom. The van der Waals surface area contributed by atoms with Crippen LogP contribution in [0.3, 0.4) is 0 Å². The maximum atomic E-state index is 5.30. The van der Waals surface area contributed by atoms with Gasteiger partial charge in [-0.3, -0.25) is 4.40 Å². The smallest absolute Gasteiger partial charge is 0.196 e. The summed E-state index contributed by atoms with van der Waals surface area (Å²) >= 11 is 1.66. The van der Waals surface area contributed by atoms with E-state index in [9.17, 15) is 0 Å². The highest BCUT2D eigenvalue weighted by Crippen LogP contribution is 2.37. The number of imidazole rings is 1. The molecule has 4 rings (SSSR count). The Hall–Kier alpha value is -2.79. The van der Waals surface area contributed by atoms with Gasteiger partial charge in [0.05, 0.1) is 12.8 Å². The number of hydrogen-bond acceptors (Lipinski definition) is 4. The van der Waals surface area contributed by atoms with Crippen molar-refractivity contribution >= 4 is 22.1 Å². The summed E-state index contributed by atoms with van der Waals surface area (Å²) in [5.74, 6) is 1.86. The van der Waals surface area contributed by atoms with Crippen LogP contribution in [0.2, 0.25) is 0 Å². The number of rotatable bonds is 4. The highest BCUT2D eigenvalue weighted by molar-refractivity contribution is 7.15. The van der Waals surface area contributed by atoms with E-state index < -0.39 is 0 Å². The van der Waals surface area contributed by atoms with Gasteiger partial charge in [-0.05, 0) is 50.6 Å². The molecule has 138 valence electrons. The number of ether oxygens (including phenoxy) is 1. The van der Waals surface area contributed by atoms with Gasteiger partial charge in [-0.15, -0.1) is 11.3 Å². The summed E-state index contributed by atoms with van der Waals surface area (Å²) in [5.41, 5.74) is 4.26. The van der Waals surface area contributed by atoms with Gasteiger partial charge in [0.1, 0.15) is 17.3 Å². The molecule has 4 nitrogen and oxygen atoms in total. The second kappa shape index (κ2) is 6.74. The van der Waals surface area contributed by atoms with Gasteiger partial charge in [-0.1, -0.05) is 30.3 Å². The summed E-state index contributed by atoms with van der Waals surface area (Å²) in [6, 6.07) is 18.5. The molecular weight excluding hydrogens is 354 g/mol. The molecule has 0 spiro atoms. The summed E-state index contributed by atoms with van der Waals surface area (Å²) < 4.78 is 7.52. The maximum absolute atomic E-state index is 5.30. The van der Waals surface area contributed by atoms with E-state index in [1.165, 1.54) is 5.56 Å². The number of aromatic nitrogens is 2. The number of methoxy groups -OCH3 is 1. The van der Waals surface area contributed by atoms with Crippen molar-refractivity contribution in [3.63, 3.8) is 0 Å². The van der Waals surface area contributed by atoms with E-state index in [1.54, 1.807) is 18.4 Å². The lowest BCUT2D eigenvalue weighted by Gasteiger charge is -2.23. The van der Waals surface area contributed by atoms with Gasteiger partial charge >= 0.3 is 0 Å². The Balaban J connectivity index is 1.93. The van der Waals surface area contributed by atoms with Crippen LogP contribution >= 0.6 is 11.3 Å². The topological polar surface area (TPSA) is 38.6 Å². The van der Waals surface area contributed by atoms with Gasteiger partial charge in [0.25, 0.3) is 0 Å². The van der Waals surface area contributed by atoms with Gasteiger partial charge in [-0.25, -0.2) is 4.98 Å². The summed E-state index contributed by atoms with van der Waals surface area (Å²) in [7, 11) is 1.68. The Bertz CT molecular complexity index is 1060. The van der Waals surface area contributed by atoms with Crippen LogP contribution in [0.1, 0.15) is 20.8 Å². The Labute approximate surface area is 163 Å². The maximum Gasteiger partial charge on any atom is 0.196 e. The molecule has 4 aromatic rings. The molecule has 5 heteroatoms. The first-order valence-corrected chi connectivity index (χ1v) is 9.82. The number of thiazole rings is 1. The fourth-order valence-electron chi connectivity index (χ4n) is 3.09. The van der Waals surface area contributed by atoms with Crippen LogP contribution in [-0.2, 0) is 0 Å². The number of benzene rings is 2. The molecule has 0 atom stereocenters. The molecule has 0 radical (unpaired) electrons. The van der Waals surface area contributed by atoms with Crippen molar-refractivity contribution in [1.29, 1.82) is 0 Å². The van der Waals surface area contributed by atoms with Crippen LogP contribution in [0.25, 0.3) is 27.5 Å². The molecule has 0 aliphatic rings. The van der Waals surface area contributed by atoms with Gasteiger partial charge in [0.2, 0.25) is 0 Å². The molecule has 0 fully saturated rings. The summed E-state index contributed by atoms with van der Waals surface area (Å²) in [5, 5.41) is 5.84. The van der Waals surface area contributed by atoms with Crippen LogP contribution in [0, 0.1) is 0 Å². The Kier molecular flexibility index (Phi) is 4.40. The van der Waals surface area contributed by atoms with Crippen molar-refractivity contribution in [2.75, 3.05) is 12.4 Å². The molecule has 27 heavy (non-hydrogen) atoms. The highest BCUT2D eigenvalue weighted by atomic mass is 32.1. The molecule has 2 heterocycles. The van der Waals surface area contributed by atoms with Gasteiger partial charge in [0, 0.05) is 16.5 Å². The predicted octanol–water partition coefficient (Wildman–Crippen LogP) is 5.95. The fraction of sp³-hybridized carbons (Fsp3) is 0.227. The molecule has 2 aromatic carbocycles. The Morgan fingerprint density at radius 1 is 0.963 bits per heavy atom. The van der Waals surface area contributed by atoms with Crippen molar-refractivity contribution in [2.24, 2.45) is 0 Å². The lowest BCUT2D eigenvalue weighted by Crippen LogP contribution is -2.27. The molecule has 0 unspecified atom stereocenters. The molecule has 0 saturated heterocycles. The van der Waals surface area contributed by atoms with E-state index in [2.05, 4.69) is 72.3 Å². The molecular formula is C22H23N3OS. The lowest BCUT2D eigenvalue weighted by molar-refractivity contribution is 0.415. The van der Waals surface area contributed by atoms with Gasteiger partial charge < -0.3 is 10.1 Å². The zero-order chi connectivity index (χ0) is 19.0. The minimum Gasteiger partial charge on any atom is -0.497 e. The molecule has 0 aliphatic carbocycles. The minimum atomic E-state index is -0.0902. The van der Waals surface area contributed by atoms with Gasteiger partial charge in [0.15, 0.2) is 4.96 Å². The first-order chi connectivity index (χ1) is 13.0. The lowest BCUT2D eigenvalue weighted by atomic mass is 10.1. The second-order valence-electron chi connectivity index (χ2n) is 7.52. The number of nitrogens with zero attached hydrogens (tertiary/aromatic N) is 2. The third-order valence-electron chi connectivity index (χ3n) is 4.29. The van der Waals surface area contributed by atoms with Crippen LogP contribution in [0.4, 0.5) is 5.82 Å². The predicted molar refractivity (Wildman–Crippen MR) is 114 cm³/mol. The van der Waals surface area contributed by atoms with Crippen LogP contribution in [0.5, 0.6) is 5.75 Å². The van der Waals surface area contributed by atoms with E-state index in [0.29, 0.717) is 0 Å². The molecule has 0 amide bonds. The zero-order valence-electron chi connectivity index (χ0n) is 16.0. The summed E-state index contributed by atoms with van der Waals surface area (Å²) in [6.07, 6.45) is 0. The van der Waals surface area contributed by atoms with Crippen LogP contribution in [-0.4, -0.2) is 22.0 Å². The first-order valence-electron chi connectivity index (χ1n) is 8.94. The van der Waals surface area contributed by atoms with E-state index in [4.69, 9.17) is 9.72 Å².